The first kappa shape index (κ1) is 31.6. The molecule has 264 valence electrons. The molecule has 9 aromatic carbocycles. The zero-order chi connectivity index (χ0) is 37.5. The second-order valence-electron chi connectivity index (χ2n) is 14.7. The number of benzene rings is 9. The van der Waals surface area contributed by atoms with Gasteiger partial charge in [0.2, 0.25) is 0 Å². The average molecular weight is 726 g/mol. The Kier molecular flexibility index (Phi) is 6.89. The number of hydrogen-bond acceptors (Lipinski definition) is 4. The van der Waals surface area contributed by atoms with Crippen molar-refractivity contribution in [2.45, 2.75) is 0 Å². The number of nitrogens with zero attached hydrogens (tertiary/aromatic N) is 3. The molecule has 0 aliphatic rings. The van der Waals surface area contributed by atoms with Crippen molar-refractivity contribution in [2.24, 2.45) is 0 Å². The van der Waals surface area contributed by atoms with E-state index in [1.165, 1.54) is 32.3 Å². The van der Waals surface area contributed by atoms with Gasteiger partial charge >= 0.3 is 0 Å². The minimum absolute atomic E-state index is 0.665. The van der Waals surface area contributed by atoms with Gasteiger partial charge < -0.3 is 4.42 Å². The molecule has 12 rings (SSSR count). The van der Waals surface area contributed by atoms with Crippen LogP contribution in [0.15, 0.2) is 192 Å². The maximum Gasteiger partial charge on any atom is 0.162 e. The number of rotatable bonds is 4. The molecule has 0 N–H and O–H groups in total. The van der Waals surface area contributed by atoms with Crippen LogP contribution in [0.5, 0.6) is 0 Å². The van der Waals surface area contributed by atoms with Crippen molar-refractivity contribution in [2.75, 3.05) is 0 Å². The third-order valence-electron chi connectivity index (χ3n) is 11.5. The molecule has 4 nitrogen and oxygen atoms in total. The summed E-state index contributed by atoms with van der Waals surface area (Å²) in [6.07, 6.45) is 0. The third kappa shape index (κ3) is 4.91. The molecule has 0 fully saturated rings. The summed E-state index contributed by atoms with van der Waals surface area (Å²) in [5.74, 6) is 0.665. The van der Waals surface area contributed by atoms with Gasteiger partial charge in [-0.15, -0.1) is 0 Å². The predicted molar refractivity (Wildman–Crippen MR) is 236 cm³/mol. The van der Waals surface area contributed by atoms with E-state index in [0.29, 0.717) is 5.82 Å². The Morgan fingerprint density at radius 1 is 0.333 bits per heavy atom. The van der Waals surface area contributed by atoms with Gasteiger partial charge in [0.05, 0.1) is 16.9 Å². The standard InChI is InChI=1S/C53H31N3O/c1-2-14-32(15-3-1)47-31-48(33-26-27-40-36-18-5-4-16-34(36)35-17-6-9-21-39(35)45(40)30-33)56-53(55-47)42-29-28-41(37-19-7-8-20-38(37)42)51-52-50(43-22-10-12-24-46(43)54-51)44-23-11-13-25-49(44)57-52/h1-31H. The molecule has 0 radical (unpaired) electrons. The van der Waals surface area contributed by atoms with Crippen LogP contribution in [0, 0.1) is 0 Å². The molecule has 4 heteroatoms. The maximum absolute atomic E-state index is 6.63. The molecule has 0 unspecified atom stereocenters. The van der Waals surface area contributed by atoms with E-state index in [9.17, 15) is 0 Å². The summed E-state index contributed by atoms with van der Waals surface area (Å²) in [5, 5.41) is 12.8. The number of pyridine rings is 1. The lowest BCUT2D eigenvalue weighted by Crippen LogP contribution is -1.97. The quantitative estimate of drug-likeness (QED) is 0.170. The minimum Gasteiger partial charge on any atom is -0.454 e. The lowest BCUT2D eigenvalue weighted by atomic mass is 9.92. The SMILES string of the molecule is c1ccc(-c2cc(-c3ccc4c5ccccc5c5ccccc5c4c3)nc(-c3ccc(-c4nc5ccccc5c5c4oc4ccccc45)c4ccccc34)n2)cc1. The maximum atomic E-state index is 6.63. The Labute approximate surface area is 327 Å². The fourth-order valence-electron chi connectivity index (χ4n) is 8.86. The zero-order valence-electron chi connectivity index (χ0n) is 30.6. The van der Waals surface area contributed by atoms with Crippen molar-refractivity contribution in [1.82, 2.24) is 15.0 Å². The molecule has 3 aromatic heterocycles. The summed E-state index contributed by atoms with van der Waals surface area (Å²) in [5.41, 5.74) is 9.14. The van der Waals surface area contributed by atoms with Gasteiger partial charge in [0.15, 0.2) is 11.4 Å². The molecule has 0 aliphatic heterocycles. The van der Waals surface area contributed by atoms with Crippen molar-refractivity contribution in [3.63, 3.8) is 0 Å². The first-order chi connectivity index (χ1) is 28.3. The second-order valence-corrected chi connectivity index (χ2v) is 14.7. The van der Waals surface area contributed by atoms with Gasteiger partial charge in [-0.3, -0.25) is 0 Å². The smallest absolute Gasteiger partial charge is 0.162 e. The third-order valence-corrected chi connectivity index (χ3v) is 11.5. The molecule has 12 aromatic rings. The molecule has 57 heavy (non-hydrogen) atoms. The van der Waals surface area contributed by atoms with Gasteiger partial charge in [-0.2, -0.15) is 0 Å². The van der Waals surface area contributed by atoms with Crippen LogP contribution in [0.1, 0.15) is 0 Å². The summed E-state index contributed by atoms with van der Waals surface area (Å²) < 4.78 is 6.63. The van der Waals surface area contributed by atoms with Gasteiger partial charge in [0.25, 0.3) is 0 Å². The van der Waals surface area contributed by atoms with Crippen LogP contribution in [-0.4, -0.2) is 15.0 Å². The highest BCUT2D eigenvalue weighted by molar-refractivity contribution is 6.26. The Morgan fingerprint density at radius 3 is 1.58 bits per heavy atom. The van der Waals surface area contributed by atoms with E-state index in [4.69, 9.17) is 19.4 Å². The fraction of sp³-hybridized carbons (Fsp3) is 0. The first-order valence-corrected chi connectivity index (χ1v) is 19.3. The molecule has 0 atom stereocenters. The molecule has 0 amide bonds. The number of aromatic nitrogens is 3. The summed E-state index contributed by atoms with van der Waals surface area (Å²) in [6.45, 7) is 0. The van der Waals surface area contributed by atoms with E-state index >= 15 is 0 Å². The molecule has 0 aliphatic carbocycles. The Bertz CT molecular complexity index is 3550. The fourth-order valence-corrected chi connectivity index (χ4v) is 8.86. The summed E-state index contributed by atoms with van der Waals surface area (Å²) in [4.78, 5) is 15.9. The van der Waals surface area contributed by atoms with Crippen molar-refractivity contribution in [3.05, 3.63) is 188 Å². The van der Waals surface area contributed by atoms with Crippen LogP contribution in [0.4, 0.5) is 0 Å². The van der Waals surface area contributed by atoms with Gasteiger partial charge in [0, 0.05) is 38.4 Å². The second kappa shape index (κ2) is 12.4. The van der Waals surface area contributed by atoms with E-state index < -0.39 is 0 Å². The molecule has 0 saturated heterocycles. The van der Waals surface area contributed by atoms with Crippen molar-refractivity contribution >= 4 is 75.9 Å². The lowest BCUT2D eigenvalue weighted by molar-refractivity contribution is 0.669. The molecule has 3 heterocycles. The number of furan rings is 1. The average Bonchev–Trinajstić information content (AvgIpc) is 3.69. The topological polar surface area (TPSA) is 51.8 Å². The van der Waals surface area contributed by atoms with Crippen LogP contribution in [-0.2, 0) is 0 Å². The normalized spacial score (nSPS) is 11.9. The highest BCUT2D eigenvalue weighted by Gasteiger charge is 2.21. The largest absolute Gasteiger partial charge is 0.454 e. The van der Waals surface area contributed by atoms with Crippen molar-refractivity contribution < 1.29 is 4.42 Å². The van der Waals surface area contributed by atoms with E-state index in [-0.39, 0.29) is 0 Å². The predicted octanol–water partition coefficient (Wildman–Crippen LogP) is 14.2. The van der Waals surface area contributed by atoms with Gasteiger partial charge in [-0.05, 0) is 73.4 Å². The minimum atomic E-state index is 0.665. The Hall–Kier alpha value is -7.69. The van der Waals surface area contributed by atoms with Crippen LogP contribution in [0.2, 0.25) is 0 Å². The molecule has 0 spiro atoms. The number of para-hydroxylation sites is 2. The first-order valence-electron chi connectivity index (χ1n) is 19.3. The van der Waals surface area contributed by atoms with Crippen LogP contribution in [0.25, 0.3) is 121 Å². The molecular formula is C53H31N3O. The monoisotopic (exact) mass is 725 g/mol. The van der Waals surface area contributed by atoms with Gasteiger partial charge in [-0.25, -0.2) is 15.0 Å². The molecule has 0 bridgehead atoms. The van der Waals surface area contributed by atoms with Crippen molar-refractivity contribution in [1.29, 1.82) is 0 Å². The lowest BCUT2D eigenvalue weighted by Gasteiger charge is -2.15. The summed E-state index contributed by atoms with van der Waals surface area (Å²) in [6, 6.07) is 66.0. The number of hydrogen-bond donors (Lipinski definition) is 0. The van der Waals surface area contributed by atoms with Gasteiger partial charge in [-0.1, -0.05) is 158 Å². The van der Waals surface area contributed by atoms with Crippen LogP contribution in [0.3, 0.4) is 0 Å². The highest BCUT2D eigenvalue weighted by Crippen LogP contribution is 2.43. The van der Waals surface area contributed by atoms with Crippen LogP contribution >= 0.6 is 0 Å². The van der Waals surface area contributed by atoms with E-state index in [0.717, 1.165) is 82.9 Å². The summed E-state index contributed by atoms with van der Waals surface area (Å²) >= 11 is 0. The van der Waals surface area contributed by atoms with Crippen molar-refractivity contribution in [3.8, 4) is 45.2 Å². The van der Waals surface area contributed by atoms with E-state index in [1.807, 2.05) is 24.3 Å². The van der Waals surface area contributed by atoms with E-state index in [2.05, 4.69) is 164 Å². The summed E-state index contributed by atoms with van der Waals surface area (Å²) in [7, 11) is 0. The van der Waals surface area contributed by atoms with Gasteiger partial charge in [0.1, 0.15) is 11.3 Å². The Balaban J connectivity index is 1.09. The zero-order valence-corrected chi connectivity index (χ0v) is 30.6. The highest BCUT2D eigenvalue weighted by atomic mass is 16.3. The number of fused-ring (bicyclic) bond motifs is 12. The Morgan fingerprint density at radius 2 is 0.860 bits per heavy atom. The van der Waals surface area contributed by atoms with E-state index in [1.54, 1.807) is 0 Å². The molecular weight excluding hydrogens is 695 g/mol. The van der Waals surface area contributed by atoms with Crippen LogP contribution < -0.4 is 0 Å². The molecule has 0 saturated carbocycles.